The molecular formula is C22H24N2O4. The van der Waals surface area contributed by atoms with Gasteiger partial charge in [-0.25, -0.2) is 0 Å². The van der Waals surface area contributed by atoms with Crippen LogP contribution < -0.4 is 0 Å². The molecule has 0 bridgehead atoms. The molecule has 4 rings (SSSR count). The van der Waals surface area contributed by atoms with Gasteiger partial charge in [0.05, 0.1) is 18.2 Å². The Morgan fingerprint density at radius 1 is 1.07 bits per heavy atom. The third-order valence-electron chi connectivity index (χ3n) is 5.91. The van der Waals surface area contributed by atoms with Crippen LogP contribution in [0.2, 0.25) is 0 Å². The van der Waals surface area contributed by atoms with Crippen molar-refractivity contribution >= 4 is 11.8 Å². The number of hydrogen-bond donors (Lipinski definition) is 1. The predicted octanol–water partition coefficient (Wildman–Crippen LogP) is 1.51. The van der Waals surface area contributed by atoms with Gasteiger partial charge in [-0.1, -0.05) is 48.5 Å². The Balaban J connectivity index is 1.67. The highest BCUT2D eigenvalue weighted by molar-refractivity contribution is 5.96. The summed E-state index contributed by atoms with van der Waals surface area (Å²) in [7, 11) is 1.50. The molecule has 0 saturated carbocycles. The molecule has 2 aromatic carbocycles. The molecule has 146 valence electrons. The summed E-state index contributed by atoms with van der Waals surface area (Å²) < 4.78 is 4.97. The molecule has 2 heterocycles. The molecule has 1 N–H and O–H groups in total. The fourth-order valence-corrected chi connectivity index (χ4v) is 4.71. The van der Waals surface area contributed by atoms with E-state index in [9.17, 15) is 14.7 Å². The largest absolute Gasteiger partial charge is 0.394 e. The lowest BCUT2D eigenvalue weighted by Gasteiger charge is -2.70. The first-order valence-corrected chi connectivity index (χ1v) is 9.43. The topological polar surface area (TPSA) is 70.1 Å². The number of aliphatic hydroxyl groups is 1. The lowest BCUT2D eigenvalue weighted by atomic mass is 9.60. The van der Waals surface area contributed by atoms with Crippen molar-refractivity contribution in [3.05, 3.63) is 71.8 Å². The summed E-state index contributed by atoms with van der Waals surface area (Å²) in [5.74, 6) is -0.205. The first-order valence-electron chi connectivity index (χ1n) is 9.43. The van der Waals surface area contributed by atoms with E-state index in [2.05, 4.69) is 0 Å². The molecule has 2 aliphatic rings. The van der Waals surface area contributed by atoms with Gasteiger partial charge in [-0.3, -0.25) is 9.59 Å². The van der Waals surface area contributed by atoms with E-state index in [0.29, 0.717) is 18.7 Å². The van der Waals surface area contributed by atoms with Gasteiger partial charge < -0.3 is 19.6 Å². The monoisotopic (exact) mass is 380 g/mol. The van der Waals surface area contributed by atoms with Crippen molar-refractivity contribution in [3.63, 3.8) is 0 Å². The Bertz CT molecular complexity index is 849. The van der Waals surface area contributed by atoms with E-state index in [4.69, 9.17) is 4.74 Å². The van der Waals surface area contributed by atoms with E-state index < -0.39 is 5.54 Å². The number of benzene rings is 2. The highest BCUT2D eigenvalue weighted by Crippen LogP contribution is 2.54. The predicted molar refractivity (Wildman–Crippen MR) is 104 cm³/mol. The first-order chi connectivity index (χ1) is 13.6. The number of amides is 2. The normalized spacial score (nSPS) is 22.5. The zero-order chi connectivity index (χ0) is 19.7. The summed E-state index contributed by atoms with van der Waals surface area (Å²) in [6.45, 7) is 0.807. The fraction of sp³-hybridized carbons (Fsp3) is 0.364. The molecule has 6 heteroatoms. The maximum absolute atomic E-state index is 13.3. The smallest absolute Gasteiger partial charge is 0.254 e. The van der Waals surface area contributed by atoms with Crippen molar-refractivity contribution < 1.29 is 19.4 Å². The molecule has 2 amide bonds. The van der Waals surface area contributed by atoms with Crippen LogP contribution in [0.3, 0.4) is 0 Å². The van der Waals surface area contributed by atoms with Crippen molar-refractivity contribution in [3.8, 4) is 0 Å². The lowest BCUT2D eigenvalue weighted by Crippen LogP contribution is -2.86. The molecule has 2 atom stereocenters. The number of ether oxygens (including phenoxy) is 1. The summed E-state index contributed by atoms with van der Waals surface area (Å²) in [4.78, 5) is 29.0. The van der Waals surface area contributed by atoms with E-state index in [-0.39, 0.29) is 37.0 Å². The summed E-state index contributed by atoms with van der Waals surface area (Å²) in [6.07, 6.45) is 0. The minimum Gasteiger partial charge on any atom is -0.394 e. The molecule has 0 radical (unpaired) electrons. The number of rotatable bonds is 5. The number of hydrogen-bond acceptors (Lipinski definition) is 4. The van der Waals surface area contributed by atoms with Crippen molar-refractivity contribution in [2.24, 2.45) is 0 Å². The second-order valence-corrected chi connectivity index (χ2v) is 7.47. The maximum Gasteiger partial charge on any atom is 0.254 e. The minimum atomic E-state index is -0.495. The molecule has 28 heavy (non-hydrogen) atoms. The van der Waals surface area contributed by atoms with E-state index in [1.165, 1.54) is 7.11 Å². The summed E-state index contributed by atoms with van der Waals surface area (Å²) in [5.41, 5.74) is 1.18. The number of aliphatic hydroxyl groups excluding tert-OH is 1. The molecule has 0 aromatic heterocycles. The van der Waals surface area contributed by atoms with Crippen LogP contribution >= 0.6 is 0 Å². The number of nitrogens with zero attached hydrogens (tertiary/aromatic N) is 2. The van der Waals surface area contributed by atoms with Crippen molar-refractivity contribution in [2.45, 2.75) is 17.5 Å². The summed E-state index contributed by atoms with van der Waals surface area (Å²) in [5, 5.41) is 10.1. The molecule has 2 fully saturated rings. The SMILES string of the molecule is COCC(=O)N1CC2(C1)[C@@H](c1ccccc1)[C@@H](CO)N2C(=O)c1ccccc1. The number of methoxy groups -OCH3 is 1. The standard InChI is InChI=1S/C22H24N2O4/c1-28-13-19(26)23-14-22(15-23)20(16-8-4-2-5-9-16)18(12-25)24(22)21(27)17-10-6-3-7-11-17/h2-11,18,20,25H,12-15H2,1H3/t18-,20+/m1/s1. The molecule has 2 aromatic rings. The van der Waals surface area contributed by atoms with E-state index in [0.717, 1.165) is 5.56 Å². The Morgan fingerprint density at radius 3 is 2.25 bits per heavy atom. The van der Waals surface area contributed by atoms with Crippen LogP contribution in [-0.4, -0.2) is 71.7 Å². The van der Waals surface area contributed by atoms with Gasteiger partial charge in [0.25, 0.3) is 5.91 Å². The molecule has 1 spiro atoms. The minimum absolute atomic E-state index is 0.0158. The van der Waals surface area contributed by atoms with Gasteiger partial charge in [0.1, 0.15) is 6.61 Å². The van der Waals surface area contributed by atoms with E-state index in [1.54, 1.807) is 21.9 Å². The van der Waals surface area contributed by atoms with Gasteiger partial charge in [-0.15, -0.1) is 0 Å². The summed E-state index contributed by atoms with van der Waals surface area (Å²) >= 11 is 0. The highest BCUT2D eigenvalue weighted by atomic mass is 16.5. The van der Waals surface area contributed by atoms with Crippen LogP contribution in [-0.2, 0) is 9.53 Å². The second-order valence-electron chi connectivity index (χ2n) is 7.47. The number of carbonyl (C=O) groups is 2. The van der Waals surface area contributed by atoms with Gasteiger partial charge in [-0.2, -0.15) is 0 Å². The first kappa shape index (κ1) is 18.7. The van der Waals surface area contributed by atoms with Crippen molar-refractivity contribution in [1.29, 1.82) is 0 Å². The van der Waals surface area contributed by atoms with Crippen LogP contribution in [0.4, 0.5) is 0 Å². The summed E-state index contributed by atoms with van der Waals surface area (Å²) in [6, 6.07) is 18.7. The van der Waals surface area contributed by atoms with E-state index in [1.807, 2.05) is 48.5 Å². The van der Waals surface area contributed by atoms with Gasteiger partial charge in [0.15, 0.2) is 0 Å². The van der Waals surface area contributed by atoms with Gasteiger partial charge >= 0.3 is 0 Å². The molecule has 0 aliphatic carbocycles. The Labute approximate surface area is 164 Å². The van der Waals surface area contributed by atoms with E-state index >= 15 is 0 Å². The number of carbonyl (C=O) groups excluding carboxylic acids is 2. The third kappa shape index (κ3) is 2.80. The Morgan fingerprint density at radius 2 is 1.68 bits per heavy atom. The molecule has 0 unspecified atom stereocenters. The van der Waals surface area contributed by atoms with Crippen LogP contribution in [0.1, 0.15) is 21.8 Å². The average Bonchev–Trinajstić information content (AvgIpc) is 2.68. The highest BCUT2D eigenvalue weighted by Gasteiger charge is 2.68. The molecule has 6 nitrogen and oxygen atoms in total. The van der Waals surface area contributed by atoms with Crippen molar-refractivity contribution in [2.75, 3.05) is 33.4 Å². The maximum atomic E-state index is 13.3. The third-order valence-corrected chi connectivity index (χ3v) is 5.91. The van der Waals surface area contributed by atoms with Gasteiger partial charge in [0, 0.05) is 31.7 Å². The zero-order valence-corrected chi connectivity index (χ0v) is 15.8. The van der Waals surface area contributed by atoms with Crippen molar-refractivity contribution in [1.82, 2.24) is 9.80 Å². The molecule has 2 saturated heterocycles. The molecule has 2 aliphatic heterocycles. The lowest BCUT2D eigenvalue weighted by molar-refractivity contribution is -0.180. The van der Waals surface area contributed by atoms with Crippen LogP contribution in [0.25, 0.3) is 0 Å². The van der Waals surface area contributed by atoms with Crippen LogP contribution in [0.15, 0.2) is 60.7 Å². The fourth-order valence-electron chi connectivity index (χ4n) is 4.71. The van der Waals surface area contributed by atoms with Gasteiger partial charge in [0.2, 0.25) is 5.91 Å². The quantitative estimate of drug-likeness (QED) is 0.854. The van der Waals surface area contributed by atoms with Gasteiger partial charge in [-0.05, 0) is 17.7 Å². The zero-order valence-electron chi connectivity index (χ0n) is 15.8. The molecular weight excluding hydrogens is 356 g/mol. The Kier molecular flexibility index (Phi) is 4.91. The Hall–Kier alpha value is -2.70. The van der Waals surface area contributed by atoms with Crippen LogP contribution in [0, 0.1) is 0 Å². The number of likely N-dealkylation sites (tertiary alicyclic amines) is 2. The average molecular weight is 380 g/mol. The van der Waals surface area contributed by atoms with Crippen LogP contribution in [0.5, 0.6) is 0 Å². The second kappa shape index (κ2) is 7.37.